The number of hydroxylamine groups is 1. The molecule has 1 aliphatic rings. The highest BCUT2D eigenvalue weighted by atomic mass is 28.3. The molecule has 0 saturated carbocycles. The normalized spacial score (nSPS) is 17.2. The second-order valence-corrected chi connectivity index (χ2v) is 3.23. The van der Waals surface area contributed by atoms with Gasteiger partial charge < -0.3 is 9.43 Å². The van der Waals surface area contributed by atoms with Gasteiger partial charge in [0.2, 0.25) is 0 Å². The second-order valence-electron chi connectivity index (χ2n) is 2.14. The quantitative estimate of drug-likeness (QED) is 0.230. The predicted octanol–water partition coefficient (Wildman–Crippen LogP) is -2.15. The van der Waals surface area contributed by atoms with E-state index in [0.29, 0.717) is 0 Å². The molecule has 6 heteroatoms. The molecule has 0 bridgehead atoms. The van der Waals surface area contributed by atoms with E-state index in [-0.39, 0.29) is 0 Å². The molecule has 1 saturated heterocycles. The first kappa shape index (κ1) is 7.23. The van der Waals surface area contributed by atoms with E-state index in [1.165, 1.54) is 19.0 Å². The SMILES string of the molecule is CN(C)C(=O)C(=O)N1O[SiH2]1. The number of amides is 2. The molecule has 1 rings (SSSR count). The Morgan fingerprint density at radius 1 is 1.50 bits per heavy atom. The fraction of sp³-hybridized carbons (Fsp3) is 0.500. The molecule has 56 valence electrons. The van der Waals surface area contributed by atoms with Crippen molar-refractivity contribution in [1.82, 2.24) is 9.63 Å². The highest BCUT2D eigenvalue weighted by Gasteiger charge is 2.33. The van der Waals surface area contributed by atoms with Gasteiger partial charge in [0, 0.05) is 14.1 Å². The van der Waals surface area contributed by atoms with Crippen LogP contribution < -0.4 is 0 Å². The largest absolute Gasteiger partial charge is 0.341 e. The van der Waals surface area contributed by atoms with Gasteiger partial charge in [0.1, 0.15) is 0 Å². The van der Waals surface area contributed by atoms with Crippen molar-refractivity contribution in [3.8, 4) is 0 Å². The van der Waals surface area contributed by atoms with Crippen molar-refractivity contribution in [1.29, 1.82) is 0 Å². The first-order chi connectivity index (χ1) is 4.63. The van der Waals surface area contributed by atoms with Gasteiger partial charge in [-0.1, -0.05) is 0 Å². The summed E-state index contributed by atoms with van der Waals surface area (Å²) in [5, 5.41) is 0. The van der Waals surface area contributed by atoms with E-state index >= 15 is 0 Å². The maximum absolute atomic E-state index is 10.8. The van der Waals surface area contributed by atoms with Crippen LogP contribution in [0.2, 0.25) is 0 Å². The molecule has 1 aliphatic heterocycles. The molecule has 0 atom stereocenters. The highest BCUT2D eigenvalue weighted by molar-refractivity contribution is 6.49. The van der Waals surface area contributed by atoms with Gasteiger partial charge in [-0.3, -0.25) is 9.59 Å². The molecule has 0 aromatic heterocycles. The van der Waals surface area contributed by atoms with Gasteiger partial charge in [0.25, 0.3) is 0 Å². The summed E-state index contributed by atoms with van der Waals surface area (Å²) in [5.41, 5.74) is 0. The summed E-state index contributed by atoms with van der Waals surface area (Å²) in [6.07, 6.45) is 0. The topological polar surface area (TPSA) is 52.9 Å². The summed E-state index contributed by atoms with van der Waals surface area (Å²) in [4.78, 5) is 22.8. The van der Waals surface area contributed by atoms with E-state index in [1.807, 2.05) is 0 Å². The zero-order valence-corrected chi connectivity index (χ0v) is 7.24. The summed E-state index contributed by atoms with van der Waals surface area (Å²) in [6.45, 7) is 0. The molecule has 0 radical (unpaired) electrons. The van der Waals surface area contributed by atoms with Crippen molar-refractivity contribution in [2.24, 2.45) is 0 Å². The number of nitrogens with zero attached hydrogens (tertiary/aromatic N) is 2. The Morgan fingerprint density at radius 2 is 2.00 bits per heavy atom. The van der Waals surface area contributed by atoms with Crippen LogP contribution in [0.5, 0.6) is 0 Å². The lowest BCUT2D eigenvalue weighted by Gasteiger charge is -2.07. The molecule has 1 fully saturated rings. The standard InChI is InChI=1S/C4H8N2O3Si/c1-5(2)3(7)4(8)6-9-10-6/h10H2,1-2H3. The number of carbonyl (C=O) groups excluding carboxylic acids is 2. The van der Waals surface area contributed by atoms with Crippen LogP contribution in [0.25, 0.3) is 0 Å². The Bertz CT molecular complexity index is 165. The number of likely N-dealkylation sites (N-methyl/N-ethyl adjacent to an activating group) is 1. The predicted molar refractivity (Wildman–Crippen MR) is 35.2 cm³/mol. The van der Waals surface area contributed by atoms with Crippen LogP contribution in [0.4, 0.5) is 0 Å². The van der Waals surface area contributed by atoms with Crippen molar-refractivity contribution in [2.75, 3.05) is 14.1 Å². The number of hydrogen-bond donors (Lipinski definition) is 0. The van der Waals surface area contributed by atoms with Gasteiger partial charge in [0.15, 0.2) is 0 Å². The van der Waals surface area contributed by atoms with E-state index in [4.69, 9.17) is 0 Å². The molecule has 0 unspecified atom stereocenters. The number of hydrogen-bond acceptors (Lipinski definition) is 3. The first-order valence-corrected chi connectivity index (χ1v) is 4.00. The molecule has 0 aromatic carbocycles. The van der Waals surface area contributed by atoms with Crippen LogP contribution in [-0.2, 0) is 14.1 Å². The lowest BCUT2D eigenvalue weighted by Crippen LogP contribution is -2.34. The summed E-state index contributed by atoms with van der Waals surface area (Å²) >= 11 is 0. The van der Waals surface area contributed by atoms with Gasteiger partial charge in [-0.05, 0) is 0 Å². The minimum Gasteiger partial charge on any atom is -0.341 e. The van der Waals surface area contributed by atoms with E-state index in [0.717, 1.165) is 4.73 Å². The van der Waals surface area contributed by atoms with Gasteiger partial charge in [-0.15, -0.1) is 0 Å². The van der Waals surface area contributed by atoms with Crippen LogP contribution in [0, 0.1) is 0 Å². The molecule has 0 aliphatic carbocycles. The Balaban J connectivity index is 2.47. The summed E-state index contributed by atoms with van der Waals surface area (Å²) in [6, 6.07) is 0. The van der Waals surface area contributed by atoms with Crippen LogP contribution in [-0.4, -0.2) is 45.5 Å². The molecule has 2 amide bonds. The van der Waals surface area contributed by atoms with Crippen LogP contribution in [0.1, 0.15) is 0 Å². The fourth-order valence-electron chi connectivity index (χ4n) is 0.444. The minimum atomic E-state index is -0.805. The van der Waals surface area contributed by atoms with Gasteiger partial charge in [-0.25, -0.2) is 4.73 Å². The van der Waals surface area contributed by atoms with E-state index in [1.54, 1.807) is 0 Å². The third kappa shape index (κ3) is 1.34. The molecule has 0 N–H and O–H groups in total. The first-order valence-electron chi connectivity index (χ1n) is 2.79. The third-order valence-electron chi connectivity index (χ3n) is 1.07. The van der Waals surface area contributed by atoms with Crippen LogP contribution in [0.3, 0.4) is 0 Å². The van der Waals surface area contributed by atoms with Crippen molar-refractivity contribution in [3.05, 3.63) is 0 Å². The monoisotopic (exact) mass is 160 g/mol. The molecular weight excluding hydrogens is 152 g/mol. The van der Waals surface area contributed by atoms with Crippen molar-refractivity contribution in [2.45, 2.75) is 0 Å². The van der Waals surface area contributed by atoms with E-state index in [2.05, 4.69) is 4.53 Å². The highest BCUT2D eigenvalue weighted by Crippen LogP contribution is 2.03. The van der Waals surface area contributed by atoms with E-state index < -0.39 is 21.7 Å². The lowest BCUT2D eigenvalue weighted by atomic mass is 10.5. The summed E-state index contributed by atoms with van der Waals surface area (Å²) in [7, 11) is 2.26. The lowest BCUT2D eigenvalue weighted by molar-refractivity contribution is -0.150. The van der Waals surface area contributed by atoms with Crippen LogP contribution >= 0.6 is 0 Å². The Hall–Kier alpha value is -0.883. The van der Waals surface area contributed by atoms with Crippen molar-refractivity contribution in [3.63, 3.8) is 0 Å². The van der Waals surface area contributed by atoms with Gasteiger partial charge >= 0.3 is 21.7 Å². The van der Waals surface area contributed by atoms with Crippen molar-refractivity contribution < 1.29 is 14.1 Å². The van der Waals surface area contributed by atoms with Gasteiger partial charge in [0.05, 0.1) is 0 Å². The summed E-state index contributed by atoms with van der Waals surface area (Å²) in [5.74, 6) is -1.07. The summed E-state index contributed by atoms with van der Waals surface area (Å²) < 4.78 is 5.76. The zero-order valence-electron chi connectivity index (χ0n) is 5.83. The zero-order chi connectivity index (χ0) is 7.72. The van der Waals surface area contributed by atoms with Crippen molar-refractivity contribution >= 4 is 21.7 Å². The molecule has 0 spiro atoms. The number of carbonyl (C=O) groups is 2. The minimum absolute atomic E-state index is 0.523. The molecule has 10 heavy (non-hydrogen) atoms. The van der Waals surface area contributed by atoms with Crippen LogP contribution in [0.15, 0.2) is 0 Å². The number of rotatable bonds is 0. The average Bonchev–Trinajstić information content (AvgIpc) is 2.65. The Morgan fingerprint density at radius 3 is 2.30 bits per heavy atom. The Kier molecular flexibility index (Phi) is 1.73. The molecule has 1 heterocycles. The molecule has 0 aromatic rings. The average molecular weight is 160 g/mol. The third-order valence-corrected chi connectivity index (χ3v) is 1.88. The fourth-order valence-corrected chi connectivity index (χ4v) is 0.872. The maximum atomic E-state index is 10.8. The Labute approximate surface area is 60.5 Å². The maximum Gasteiger partial charge on any atom is 0.329 e. The second kappa shape index (κ2) is 2.39. The molecule has 5 nitrogen and oxygen atoms in total. The van der Waals surface area contributed by atoms with E-state index in [9.17, 15) is 9.59 Å². The smallest absolute Gasteiger partial charge is 0.329 e. The van der Waals surface area contributed by atoms with Gasteiger partial charge in [-0.2, -0.15) is 0 Å². The molecular formula is C4H8N2O3Si.